The van der Waals surface area contributed by atoms with Gasteiger partial charge in [-0.1, -0.05) is 36.6 Å². The van der Waals surface area contributed by atoms with Crippen molar-refractivity contribution in [2.45, 2.75) is 25.7 Å². The van der Waals surface area contributed by atoms with Crippen LogP contribution < -0.4 is 4.74 Å². The minimum absolute atomic E-state index is 0.0262. The van der Waals surface area contributed by atoms with Gasteiger partial charge in [0.2, 0.25) is 5.91 Å². The summed E-state index contributed by atoms with van der Waals surface area (Å²) in [4.78, 5) is 33.8. The van der Waals surface area contributed by atoms with Crippen molar-refractivity contribution < 1.29 is 19.4 Å². The molecule has 2 heterocycles. The summed E-state index contributed by atoms with van der Waals surface area (Å²) in [5.74, 6) is 0.268. The van der Waals surface area contributed by atoms with E-state index in [1.54, 1.807) is 6.07 Å². The lowest BCUT2D eigenvalue weighted by molar-refractivity contribution is -0.152. The molecule has 0 spiro atoms. The third-order valence-corrected chi connectivity index (χ3v) is 7.02. The smallest absolute Gasteiger partial charge is 0.307 e. The number of carboxylic acids is 1. The third-order valence-electron chi connectivity index (χ3n) is 6.79. The number of halogens is 1. The van der Waals surface area contributed by atoms with Crippen molar-refractivity contribution in [3.8, 4) is 11.5 Å². The van der Waals surface area contributed by atoms with Gasteiger partial charge in [0.15, 0.2) is 5.75 Å². The van der Waals surface area contributed by atoms with Gasteiger partial charge >= 0.3 is 5.97 Å². The number of piperazine rings is 1. The van der Waals surface area contributed by atoms with Gasteiger partial charge < -0.3 is 19.6 Å². The molecule has 2 aliphatic heterocycles. The van der Waals surface area contributed by atoms with E-state index in [0.717, 1.165) is 29.9 Å². The Morgan fingerprint density at radius 3 is 2.45 bits per heavy atom. The van der Waals surface area contributed by atoms with Crippen molar-refractivity contribution in [2.24, 2.45) is 16.8 Å². The summed E-state index contributed by atoms with van der Waals surface area (Å²) < 4.78 is 6.13. The van der Waals surface area contributed by atoms with Crippen LogP contribution in [0.1, 0.15) is 31.2 Å². The standard InChI is InChI=1S/C25H26ClN3O4/c26-16-9-10-21-19(15-16)23(27-20-7-3-4-8-22(20)33-21)28-11-13-29(14-12-28)24(30)17-5-1-2-6-18(17)25(31)32/h3-4,7-10,15,17-18H,1-2,5-6,11-14H2,(H,31,32). The summed E-state index contributed by atoms with van der Waals surface area (Å²) in [7, 11) is 0. The Labute approximate surface area is 197 Å². The van der Waals surface area contributed by atoms with Gasteiger partial charge in [-0.05, 0) is 43.2 Å². The number of aliphatic carboxylic acids is 1. The number of carbonyl (C=O) groups is 2. The van der Waals surface area contributed by atoms with Crippen molar-refractivity contribution in [2.75, 3.05) is 26.2 Å². The van der Waals surface area contributed by atoms with E-state index in [9.17, 15) is 14.7 Å². The molecule has 5 rings (SSSR count). The van der Waals surface area contributed by atoms with Gasteiger partial charge in [-0.15, -0.1) is 0 Å². The normalized spacial score (nSPS) is 22.4. The monoisotopic (exact) mass is 467 g/mol. The predicted molar refractivity (Wildman–Crippen MR) is 125 cm³/mol. The molecule has 1 aliphatic carbocycles. The average molecular weight is 468 g/mol. The van der Waals surface area contributed by atoms with E-state index in [1.165, 1.54) is 0 Å². The lowest BCUT2D eigenvalue weighted by Crippen LogP contribution is -2.53. The van der Waals surface area contributed by atoms with Crippen LogP contribution in [0.5, 0.6) is 11.5 Å². The number of fused-ring (bicyclic) bond motifs is 2. The molecule has 2 unspecified atom stereocenters. The molecule has 172 valence electrons. The van der Waals surface area contributed by atoms with E-state index in [-0.39, 0.29) is 5.91 Å². The first-order chi connectivity index (χ1) is 16.0. The molecule has 8 heteroatoms. The maximum atomic E-state index is 13.2. The fraction of sp³-hybridized carbons (Fsp3) is 0.400. The van der Waals surface area contributed by atoms with E-state index >= 15 is 0 Å². The first-order valence-electron chi connectivity index (χ1n) is 11.4. The zero-order chi connectivity index (χ0) is 22.9. The number of benzene rings is 2. The molecule has 2 aromatic carbocycles. The Balaban J connectivity index is 1.37. The highest BCUT2D eigenvalue weighted by molar-refractivity contribution is 6.31. The highest BCUT2D eigenvalue weighted by atomic mass is 35.5. The molecule has 7 nitrogen and oxygen atoms in total. The van der Waals surface area contributed by atoms with Crippen LogP contribution >= 0.6 is 11.6 Å². The minimum Gasteiger partial charge on any atom is -0.481 e. The second-order valence-electron chi connectivity index (χ2n) is 8.79. The van der Waals surface area contributed by atoms with Crippen LogP contribution in [-0.2, 0) is 9.59 Å². The molecular formula is C25H26ClN3O4. The molecule has 1 N–H and O–H groups in total. The molecular weight excluding hydrogens is 442 g/mol. The van der Waals surface area contributed by atoms with Gasteiger partial charge in [0.05, 0.1) is 17.4 Å². The van der Waals surface area contributed by atoms with Crippen molar-refractivity contribution >= 4 is 35.0 Å². The summed E-state index contributed by atoms with van der Waals surface area (Å²) in [5.41, 5.74) is 1.56. The van der Waals surface area contributed by atoms with Crippen molar-refractivity contribution in [3.63, 3.8) is 0 Å². The van der Waals surface area contributed by atoms with Crippen LogP contribution in [0.4, 0.5) is 5.69 Å². The van der Waals surface area contributed by atoms with Gasteiger partial charge in [-0.25, -0.2) is 4.99 Å². The molecule has 0 bridgehead atoms. The van der Waals surface area contributed by atoms with Crippen LogP contribution in [0.15, 0.2) is 47.5 Å². The Morgan fingerprint density at radius 1 is 0.970 bits per heavy atom. The molecule has 3 aliphatic rings. The lowest BCUT2D eigenvalue weighted by Gasteiger charge is -2.39. The first-order valence-corrected chi connectivity index (χ1v) is 11.8. The molecule has 1 amide bonds. The Bertz CT molecular complexity index is 1110. The molecule has 0 radical (unpaired) electrons. The number of hydrogen-bond acceptors (Lipinski definition) is 5. The predicted octanol–water partition coefficient (Wildman–Crippen LogP) is 4.56. The molecule has 33 heavy (non-hydrogen) atoms. The number of ether oxygens (including phenoxy) is 1. The summed E-state index contributed by atoms with van der Waals surface area (Å²) in [6, 6.07) is 13.1. The Hall–Kier alpha value is -3.06. The quantitative estimate of drug-likeness (QED) is 0.700. The zero-order valence-corrected chi connectivity index (χ0v) is 19.0. The number of amidine groups is 1. The maximum Gasteiger partial charge on any atom is 0.307 e. The average Bonchev–Trinajstić information content (AvgIpc) is 3.00. The molecule has 2 atom stereocenters. The zero-order valence-electron chi connectivity index (χ0n) is 18.2. The SMILES string of the molecule is O=C(O)C1CCCCC1C(=O)N1CCN(C2=Nc3ccccc3Oc3ccc(Cl)cc32)CC1. The second-order valence-corrected chi connectivity index (χ2v) is 9.23. The molecule has 0 aromatic heterocycles. The summed E-state index contributed by atoms with van der Waals surface area (Å²) in [5, 5.41) is 10.2. The van der Waals surface area contributed by atoms with Crippen LogP contribution in [0.25, 0.3) is 0 Å². The molecule has 2 fully saturated rings. The number of hydrogen-bond donors (Lipinski definition) is 1. The maximum absolute atomic E-state index is 13.2. The highest BCUT2D eigenvalue weighted by Crippen LogP contribution is 2.39. The molecule has 1 saturated heterocycles. The van der Waals surface area contributed by atoms with Gasteiger partial charge in [0.25, 0.3) is 0 Å². The van der Waals surface area contributed by atoms with Crippen LogP contribution in [0.3, 0.4) is 0 Å². The van der Waals surface area contributed by atoms with E-state index in [0.29, 0.717) is 55.5 Å². The topological polar surface area (TPSA) is 82.4 Å². The first kappa shape index (κ1) is 21.8. The van der Waals surface area contributed by atoms with Crippen molar-refractivity contribution in [3.05, 3.63) is 53.1 Å². The fourth-order valence-corrected chi connectivity index (χ4v) is 5.20. The van der Waals surface area contributed by atoms with E-state index in [2.05, 4.69) is 4.90 Å². The van der Waals surface area contributed by atoms with Crippen LogP contribution in [0, 0.1) is 11.8 Å². The van der Waals surface area contributed by atoms with E-state index < -0.39 is 17.8 Å². The second kappa shape index (κ2) is 9.06. The summed E-state index contributed by atoms with van der Waals surface area (Å²) in [6.07, 6.45) is 3.02. The van der Waals surface area contributed by atoms with E-state index in [4.69, 9.17) is 21.3 Å². The van der Waals surface area contributed by atoms with Gasteiger partial charge in [-0.2, -0.15) is 0 Å². The highest BCUT2D eigenvalue weighted by Gasteiger charge is 2.39. The van der Waals surface area contributed by atoms with Crippen LogP contribution in [0.2, 0.25) is 5.02 Å². The number of aliphatic imine (C=N–C) groups is 1. The van der Waals surface area contributed by atoms with Crippen molar-refractivity contribution in [1.82, 2.24) is 9.80 Å². The van der Waals surface area contributed by atoms with Crippen LogP contribution in [-0.4, -0.2) is 58.8 Å². The van der Waals surface area contributed by atoms with Crippen molar-refractivity contribution in [1.29, 1.82) is 0 Å². The van der Waals surface area contributed by atoms with E-state index in [1.807, 2.05) is 41.3 Å². The number of nitrogens with zero attached hydrogens (tertiary/aromatic N) is 3. The fourth-order valence-electron chi connectivity index (χ4n) is 5.03. The lowest BCUT2D eigenvalue weighted by atomic mass is 9.78. The molecule has 1 saturated carbocycles. The Kier molecular flexibility index (Phi) is 5.98. The van der Waals surface area contributed by atoms with Gasteiger partial charge in [0.1, 0.15) is 17.3 Å². The molecule has 2 aromatic rings. The number of rotatable bonds is 2. The Morgan fingerprint density at radius 2 is 1.70 bits per heavy atom. The number of carbonyl (C=O) groups excluding carboxylic acids is 1. The third kappa shape index (κ3) is 4.29. The van der Waals surface area contributed by atoms with Gasteiger partial charge in [0, 0.05) is 31.2 Å². The number of carboxylic acid groups (broad SMARTS) is 1. The largest absolute Gasteiger partial charge is 0.481 e. The van der Waals surface area contributed by atoms with Gasteiger partial charge in [-0.3, -0.25) is 9.59 Å². The number of amides is 1. The minimum atomic E-state index is -0.855. The number of para-hydroxylation sites is 2. The summed E-state index contributed by atoms with van der Waals surface area (Å²) >= 11 is 6.31. The summed E-state index contributed by atoms with van der Waals surface area (Å²) in [6.45, 7) is 2.25.